The first-order valence-electron chi connectivity index (χ1n) is 6.12. The van der Waals surface area contributed by atoms with E-state index >= 15 is 0 Å². The summed E-state index contributed by atoms with van der Waals surface area (Å²) in [4.78, 5) is 23.8. The lowest BCUT2D eigenvalue weighted by Gasteiger charge is -2.31. The van der Waals surface area contributed by atoms with Gasteiger partial charge in [-0.1, -0.05) is 25.1 Å². The van der Waals surface area contributed by atoms with Gasteiger partial charge in [-0.25, -0.2) is 4.79 Å². The molecule has 0 spiro atoms. The highest BCUT2D eigenvalue weighted by atomic mass is 16.4. The number of aliphatic carboxylic acids is 2. The lowest BCUT2D eigenvalue weighted by Crippen LogP contribution is -2.43. The maximum atomic E-state index is 11.2. The Hall–Kier alpha value is -2.04. The topological polar surface area (TPSA) is 77.8 Å². The molecule has 5 heteroatoms. The van der Waals surface area contributed by atoms with Crippen molar-refractivity contribution in [3.8, 4) is 0 Å². The van der Waals surface area contributed by atoms with Crippen LogP contribution in [0, 0.1) is 12.8 Å². The van der Waals surface area contributed by atoms with Gasteiger partial charge in [0.25, 0.3) is 0 Å². The quantitative estimate of drug-likeness (QED) is 0.822. The molecule has 2 N–H and O–H groups in total. The summed E-state index contributed by atoms with van der Waals surface area (Å²) in [7, 11) is 0. The van der Waals surface area contributed by atoms with Crippen molar-refractivity contribution in [2.24, 2.45) is 5.92 Å². The normalized spacial score (nSPS) is 13.6. The maximum absolute atomic E-state index is 11.2. The number of carboxylic acids is 2. The highest BCUT2D eigenvalue weighted by Gasteiger charge is 2.25. The monoisotopic (exact) mass is 265 g/mol. The predicted octanol–water partition coefficient (Wildman–Crippen LogP) is 2.00. The van der Waals surface area contributed by atoms with Crippen molar-refractivity contribution in [2.75, 3.05) is 11.4 Å². The fraction of sp³-hybridized carbons (Fsp3) is 0.429. The van der Waals surface area contributed by atoms with Crippen LogP contribution < -0.4 is 4.90 Å². The summed E-state index contributed by atoms with van der Waals surface area (Å²) in [5, 5.41) is 18.2. The van der Waals surface area contributed by atoms with Crippen molar-refractivity contribution in [1.29, 1.82) is 0 Å². The minimum Gasteiger partial charge on any atom is -0.481 e. The van der Waals surface area contributed by atoms with Crippen LogP contribution in [-0.4, -0.2) is 34.7 Å². The molecular weight excluding hydrogens is 246 g/mol. The van der Waals surface area contributed by atoms with E-state index in [9.17, 15) is 9.59 Å². The maximum Gasteiger partial charge on any atom is 0.326 e. The average Bonchev–Trinajstić information content (AvgIpc) is 2.35. The van der Waals surface area contributed by atoms with Crippen LogP contribution in [0.25, 0.3) is 0 Å². The van der Waals surface area contributed by atoms with E-state index in [1.807, 2.05) is 31.2 Å². The summed E-state index contributed by atoms with van der Waals surface area (Å²) < 4.78 is 0. The van der Waals surface area contributed by atoms with Gasteiger partial charge in [-0.3, -0.25) is 4.79 Å². The molecule has 0 aromatic heterocycles. The van der Waals surface area contributed by atoms with Crippen molar-refractivity contribution < 1.29 is 19.8 Å². The molecule has 1 aromatic carbocycles. The SMILES string of the molecule is Cc1ccccc1N(CC(C)C(=O)O)C(C)C(=O)O. The van der Waals surface area contributed by atoms with E-state index in [1.54, 1.807) is 18.7 Å². The van der Waals surface area contributed by atoms with E-state index in [0.717, 1.165) is 11.3 Å². The largest absolute Gasteiger partial charge is 0.481 e. The van der Waals surface area contributed by atoms with Crippen LogP contribution in [0.3, 0.4) is 0 Å². The average molecular weight is 265 g/mol. The molecule has 5 nitrogen and oxygen atoms in total. The Morgan fingerprint density at radius 1 is 1.16 bits per heavy atom. The number of hydrogen-bond acceptors (Lipinski definition) is 3. The third kappa shape index (κ3) is 3.71. The van der Waals surface area contributed by atoms with Gasteiger partial charge in [-0.15, -0.1) is 0 Å². The number of anilines is 1. The molecule has 0 aliphatic carbocycles. The predicted molar refractivity (Wildman–Crippen MR) is 72.4 cm³/mol. The smallest absolute Gasteiger partial charge is 0.326 e. The number of carboxylic acid groups (broad SMARTS) is 2. The molecule has 0 radical (unpaired) electrons. The van der Waals surface area contributed by atoms with Crippen LogP contribution >= 0.6 is 0 Å². The standard InChI is InChI=1S/C14H19NO4/c1-9-6-4-5-7-12(9)15(11(3)14(18)19)8-10(2)13(16)17/h4-7,10-11H,8H2,1-3H3,(H,16,17)(H,18,19). The van der Waals surface area contributed by atoms with E-state index in [1.165, 1.54) is 0 Å². The third-order valence-corrected chi connectivity index (χ3v) is 3.14. The first-order valence-corrected chi connectivity index (χ1v) is 6.12. The van der Waals surface area contributed by atoms with Gasteiger partial charge in [0.05, 0.1) is 5.92 Å². The summed E-state index contributed by atoms with van der Waals surface area (Å²) in [6, 6.07) is 6.59. The molecule has 2 atom stereocenters. The molecule has 0 bridgehead atoms. The molecule has 2 unspecified atom stereocenters. The van der Waals surface area contributed by atoms with Gasteiger partial charge >= 0.3 is 11.9 Å². The fourth-order valence-corrected chi connectivity index (χ4v) is 1.86. The van der Waals surface area contributed by atoms with E-state index in [0.29, 0.717) is 0 Å². The molecule has 0 heterocycles. The van der Waals surface area contributed by atoms with E-state index in [-0.39, 0.29) is 6.54 Å². The Morgan fingerprint density at radius 3 is 2.21 bits per heavy atom. The first-order chi connectivity index (χ1) is 8.84. The summed E-state index contributed by atoms with van der Waals surface area (Å²) in [6.45, 7) is 5.17. The number of carbonyl (C=O) groups is 2. The van der Waals surface area contributed by atoms with Gasteiger partial charge in [0.15, 0.2) is 0 Å². The highest BCUT2D eigenvalue weighted by Crippen LogP contribution is 2.23. The zero-order valence-corrected chi connectivity index (χ0v) is 11.3. The molecule has 0 aliphatic rings. The van der Waals surface area contributed by atoms with E-state index in [4.69, 9.17) is 10.2 Å². The lowest BCUT2D eigenvalue weighted by atomic mass is 10.1. The van der Waals surface area contributed by atoms with E-state index in [2.05, 4.69) is 0 Å². The van der Waals surface area contributed by atoms with Crippen LogP contribution in [0.2, 0.25) is 0 Å². The second kappa shape index (κ2) is 6.22. The second-order valence-electron chi connectivity index (χ2n) is 4.69. The Balaban J connectivity index is 3.09. The summed E-state index contributed by atoms with van der Waals surface area (Å²) in [6.07, 6.45) is 0. The van der Waals surface area contributed by atoms with Crippen molar-refractivity contribution in [3.63, 3.8) is 0 Å². The van der Waals surface area contributed by atoms with Gasteiger partial charge < -0.3 is 15.1 Å². The lowest BCUT2D eigenvalue weighted by molar-refractivity contribution is -0.142. The molecule has 0 saturated carbocycles. The zero-order chi connectivity index (χ0) is 14.6. The third-order valence-electron chi connectivity index (χ3n) is 3.14. The van der Waals surface area contributed by atoms with Gasteiger partial charge in [-0.2, -0.15) is 0 Å². The Labute approximate surface area is 112 Å². The van der Waals surface area contributed by atoms with Crippen molar-refractivity contribution >= 4 is 17.6 Å². The minimum atomic E-state index is -0.971. The molecule has 104 valence electrons. The number of hydrogen-bond donors (Lipinski definition) is 2. The summed E-state index contributed by atoms with van der Waals surface area (Å²) >= 11 is 0. The van der Waals surface area contributed by atoms with Crippen molar-refractivity contribution in [2.45, 2.75) is 26.8 Å². The molecule has 1 aromatic rings. The highest BCUT2D eigenvalue weighted by molar-refractivity contribution is 5.79. The molecule has 19 heavy (non-hydrogen) atoms. The fourth-order valence-electron chi connectivity index (χ4n) is 1.86. The Bertz CT molecular complexity index is 472. The summed E-state index contributed by atoms with van der Waals surface area (Å²) in [5.74, 6) is -2.54. The molecule has 0 aliphatic heterocycles. The molecular formula is C14H19NO4. The number of aryl methyl sites for hydroxylation is 1. The first kappa shape index (κ1) is 15.0. The summed E-state index contributed by atoms with van der Waals surface area (Å²) in [5.41, 5.74) is 1.68. The van der Waals surface area contributed by atoms with E-state index < -0.39 is 23.9 Å². The van der Waals surface area contributed by atoms with Crippen LogP contribution in [0.4, 0.5) is 5.69 Å². The number of rotatable bonds is 6. The van der Waals surface area contributed by atoms with Gasteiger partial charge in [0.1, 0.15) is 6.04 Å². The Morgan fingerprint density at radius 2 is 1.74 bits per heavy atom. The number of para-hydroxylation sites is 1. The molecule has 1 rings (SSSR count). The molecule has 0 saturated heterocycles. The van der Waals surface area contributed by atoms with Gasteiger partial charge in [0.2, 0.25) is 0 Å². The van der Waals surface area contributed by atoms with Crippen molar-refractivity contribution in [1.82, 2.24) is 0 Å². The van der Waals surface area contributed by atoms with Crippen LogP contribution in [0.15, 0.2) is 24.3 Å². The van der Waals surface area contributed by atoms with Gasteiger partial charge in [0, 0.05) is 12.2 Å². The molecule has 0 amide bonds. The number of nitrogens with zero attached hydrogens (tertiary/aromatic N) is 1. The minimum absolute atomic E-state index is 0.160. The van der Waals surface area contributed by atoms with Crippen LogP contribution in [0.1, 0.15) is 19.4 Å². The van der Waals surface area contributed by atoms with Crippen LogP contribution in [0.5, 0.6) is 0 Å². The Kier molecular flexibility index (Phi) is 4.92. The number of benzene rings is 1. The van der Waals surface area contributed by atoms with Crippen LogP contribution in [-0.2, 0) is 9.59 Å². The second-order valence-corrected chi connectivity index (χ2v) is 4.69. The zero-order valence-electron chi connectivity index (χ0n) is 11.3. The molecule has 0 fully saturated rings. The van der Waals surface area contributed by atoms with Crippen molar-refractivity contribution in [3.05, 3.63) is 29.8 Å². The van der Waals surface area contributed by atoms with Gasteiger partial charge in [-0.05, 0) is 25.5 Å².